The SMILES string of the molecule is CC[C@@H](C(=O)Nc1ccc(N2CCCCC2)c(C(=O)NC[C@@H]2CCCO2)c1)c1ccccc1. The topological polar surface area (TPSA) is 70.7 Å². The number of piperidine rings is 1. The van der Waals surface area contributed by atoms with Crippen molar-refractivity contribution in [2.24, 2.45) is 0 Å². The second-order valence-electron chi connectivity index (χ2n) is 8.99. The number of carbonyl (C=O) groups is 2. The predicted octanol–water partition coefficient (Wildman–Crippen LogP) is 4.72. The van der Waals surface area contributed by atoms with E-state index in [1.54, 1.807) is 0 Å². The summed E-state index contributed by atoms with van der Waals surface area (Å²) < 4.78 is 5.66. The maximum Gasteiger partial charge on any atom is 0.253 e. The molecular formula is C27H35N3O3. The molecule has 2 aromatic carbocycles. The van der Waals surface area contributed by atoms with Crippen LogP contribution in [0.15, 0.2) is 48.5 Å². The Bertz CT molecular complexity index is 935. The van der Waals surface area contributed by atoms with Crippen molar-refractivity contribution >= 4 is 23.2 Å². The van der Waals surface area contributed by atoms with Gasteiger partial charge in [0, 0.05) is 37.6 Å². The number of anilines is 2. The van der Waals surface area contributed by atoms with Crippen LogP contribution in [0.2, 0.25) is 0 Å². The van der Waals surface area contributed by atoms with Gasteiger partial charge in [0.2, 0.25) is 5.91 Å². The molecule has 2 fully saturated rings. The molecule has 2 saturated heterocycles. The third-order valence-corrected chi connectivity index (χ3v) is 6.65. The molecule has 2 aliphatic rings. The Morgan fingerprint density at radius 2 is 1.85 bits per heavy atom. The molecule has 2 aromatic rings. The first-order valence-corrected chi connectivity index (χ1v) is 12.3. The number of hydrogen-bond acceptors (Lipinski definition) is 4. The third kappa shape index (κ3) is 5.93. The first-order chi connectivity index (χ1) is 16.2. The molecule has 0 saturated carbocycles. The van der Waals surface area contributed by atoms with E-state index in [1.807, 2.05) is 55.5 Å². The maximum absolute atomic E-state index is 13.2. The first-order valence-electron chi connectivity index (χ1n) is 12.3. The van der Waals surface area contributed by atoms with Gasteiger partial charge in [-0.15, -0.1) is 0 Å². The van der Waals surface area contributed by atoms with E-state index >= 15 is 0 Å². The molecule has 0 radical (unpaired) electrons. The molecule has 2 N–H and O–H groups in total. The predicted molar refractivity (Wildman–Crippen MR) is 132 cm³/mol. The zero-order valence-electron chi connectivity index (χ0n) is 19.5. The van der Waals surface area contributed by atoms with Gasteiger partial charge in [-0.1, -0.05) is 37.3 Å². The number of amides is 2. The van der Waals surface area contributed by atoms with Crippen LogP contribution in [0.5, 0.6) is 0 Å². The van der Waals surface area contributed by atoms with Gasteiger partial charge < -0.3 is 20.3 Å². The van der Waals surface area contributed by atoms with Crippen LogP contribution < -0.4 is 15.5 Å². The molecule has 33 heavy (non-hydrogen) atoms. The Morgan fingerprint density at radius 1 is 1.06 bits per heavy atom. The fourth-order valence-corrected chi connectivity index (χ4v) is 4.80. The van der Waals surface area contributed by atoms with E-state index in [2.05, 4.69) is 15.5 Å². The minimum atomic E-state index is -0.232. The fourth-order valence-electron chi connectivity index (χ4n) is 4.80. The van der Waals surface area contributed by atoms with Gasteiger partial charge in [-0.05, 0) is 62.3 Å². The van der Waals surface area contributed by atoms with Crippen LogP contribution in [0.4, 0.5) is 11.4 Å². The monoisotopic (exact) mass is 449 g/mol. The van der Waals surface area contributed by atoms with Gasteiger partial charge >= 0.3 is 0 Å². The highest BCUT2D eigenvalue weighted by Gasteiger charge is 2.23. The number of hydrogen-bond donors (Lipinski definition) is 2. The Kier molecular flexibility index (Phi) is 8.00. The number of benzene rings is 2. The van der Waals surface area contributed by atoms with Crippen molar-refractivity contribution in [2.45, 2.75) is 57.5 Å². The summed E-state index contributed by atoms with van der Waals surface area (Å²) >= 11 is 0. The van der Waals surface area contributed by atoms with Crippen LogP contribution in [-0.2, 0) is 9.53 Å². The van der Waals surface area contributed by atoms with Gasteiger partial charge in [-0.25, -0.2) is 0 Å². The zero-order chi connectivity index (χ0) is 23.0. The van der Waals surface area contributed by atoms with Crippen LogP contribution in [0, 0.1) is 0 Å². The average molecular weight is 450 g/mol. The smallest absolute Gasteiger partial charge is 0.253 e. The van der Waals surface area contributed by atoms with E-state index < -0.39 is 0 Å². The molecule has 2 amide bonds. The lowest BCUT2D eigenvalue weighted by Gasteiger charge is -2.30. The van der Waals surface area contributed by atoms with E-state index in [4.69, 9.17) is 4.74 Å². The summed E-state index contributed by atoms with van der Waals surface area (Å²) in [6.45, 7) is 5.19. The molecule has 0 bridgehead atoms. The summed E-state index contributed by atoms with van der Waals surface area (Å²) in [5.74, 6) is -0.401. The molecule has 2 atom stereocenters. The normalized spacial score (nSPS) is 19.2. The van der Waals surface area contributed by atoms with E-state index in [-0.39, 0.29) is 23.8 Å². The number of ether oxygens (including phenoxy) is 1. The van der Waals surface area contributed by atoms with Crippen molar-refractivity contribution in [2.75, 3.05) is 36.5 Å². The molecule has 0 spiro atoms. The quantitative estimate of drug-likeness (QED) is 0.612. The second-order valence-corrected chi connectivity index (χ2v) is 8.99. The lowest BCUT2D eigenvalue weighted by molar-refractivity contribution is -0.117. The number of nitrogens with zero attached hydrogens (tertiary/aromatic N) is 1. The highest BCUT2D eigenvalue weighted by atomic mass is 16.5. The molecule has 6 nitrogen and oxygen atoms in total. The summed E-state index contributed by atoms with van der Waals surface area (Å²) in [4.78, 5) is 28.6. The lowest BCUT2D eigenvalue weighted by atomic mass is 9.95. The number of carbonyl (C=O) groups excluding carboxylic acids is 2. The van der Waals surface area contributed by atoms with E-state index in [0.717, 1.165) is 56.6 Å². The first kappa shape index (κ1) is 23.3. The largest absolute Gasteiger partial charge is 0.376 e. The zero-order valence-corrected chi connectivity index (χ0v) is 19.5. The number of rotatable bonds is 8. The van der Waals surface area contributed by atoms with Gasteiger partial charge in [-0.2, -0.15) is 0 Å². The maximum atomic E-state index is 13.2. The van der Waals surface area contributed by atoms with Crippen LogP contribution in [0.25, 0.3) is 0 Å². The standard InChI is InChI=1S/C27H35N3O3/c1-2-23(20-10-5-3-6-11-20)27(32)29-21-13-14-25(30-15-7-4-8-16-30)24(18-21)26(31)28-19-22-12-9-17-33-22/h3,5-6,10-11,13-14,18,22-23H,2,4,7-9,12,15-17,19H2,1H3,(H,28,31)(H,29,32)/t22-,23+/m0/s1. The average Bonchev–Trinajstić information content (AvgIpc) is 3.38. The summed E-state index contributed by atoms with van der Waals surface area (Å²) in [6.07, 6.45) is 6.30. The van der Waals surface area contributed by atoms with E-state index in [1.165, 1.54) is 6.42 Å². The molecule has 2 heterocycles. The van der Waals surface area contributed by atoms with Crippen LogP contribution in [-0.4, -0.2) is 44.2 Å². The molecule has 0 aromatic heterocycles. The molecule has 0 aliphatic carbocycles. The summed E-state index contributed by atoms with van der Waals surface area (Å²) in [6, 6.07) is 15.5. The minimum absolute atomic E-state index is 0.0554. The molecule has 176 valence electrons. The highest BCUT2D eigenvalue weighted by molar-refractivity contribution is 6.03. The van der Waals surface area contributed by atoms with Crippen molar-refractivity contribution in [3.8, 4) is 0 Å². The van der Waals surface area contributed by atoms with Gasteiger partial charge in [0.15, 0.2) is 0 Å². The second kappa shape index (κ2) is 11.3. The molecule has 4 rings (SSSR count). The Hall–Kier alpha value is -2.86. The van der Waals surface area contributed by atoms with Crippen molar-refractivity contribution in [1.29, 1.82) is 0 Å². The van der Waals surface area contributed by atoms with E-state index in [9.17, 15) is 9.59 Å². The third-order valence-electron chi connectivity index (χ3n) is 6.65. The van der Waals surface area contributed by atoms with Crippen molar-refractivity contribution in [1.82, 2.24) is 5.32 Å². The summed E-state index contributed by atoms with van der Waals surface area (Å²) in [5.41, 5.74) is 3.20. The van der Waals surface area contributed by atoms with Crippen LogP contribution in [0.3, 0.4) is 0 Å². The fraction of sp³-hybridized carbons (Fsp3) is 0.481. The van der Waals surface area contributed by atoms with E-state index in [0.29, 0.717) is 24.2 Å². The van der Waals surface area contributed by atoms with Gasteiger partial charge in [0.1, 0.15) is 0 Å². The Balaban J connectivity index is 1.53. The molecule has 0 unspecified atom stereocenters. The Labute approximate surface area is 196 Å². The lowest BCUT2D eigenvalue weighted by Crippen LogP contribution is -2.35. The van der Waals surface area contributed by atoms with Gasteiger partial charge in [0.05, 0.1) is 17.6 Å². The molecular weight excluding hydrogens is 414 g/mol. The van der Waals surface area contributed by atoms with Crippen molar-refractivity contribution in [3.63, 3.8) is 0 Å². The number of nitrogens with one attached hydrogen (secondary N) is 2. The molecule has 2 aliphatic heterocycles. The highest BCUT2D eigenvalue weighted by Crippen LogP contribution is 2.29. The van der Waals surface area contributed by atoms with Crippen molar-refractivity contribution in [3.05, 3.63) is 59.7 Å². The summed E-state index contributed by atoms with van der Waals surface area (Å²) in [7, 11) is 0. The van der Waals surface area contributed by atoms with Crippen LogP contribution >= 0.6 is 0 Å². The van der Waals surface area contributed by atoms with Crippen LogP contribution in [0.1, 0.15) is 67.3 Å². The summed E-state index contributed by atoms with van der Waals surface area (Å²) in [5, 5.41) is 6.11. The van der Waals surface area contributed by atoms with Gasteiger partial charge in [0.25, 0.3) is 5.91 Å². The minimum Gasteiger partial charge on any atom is -0.376 e. The Morgan fingerprint density at radius 3 is 2.55 bits per heavy atom. The van der Waals surface area contributed by atoms with Crippen molar-refractivity contribution < 1.29 is 14.3 Å². The van der Waals surface area contributed by atoms with Gasteiger partial charge in [-0.3, -0.25) is 9.59 Å². The molecule has 6 heteroatoms.